The van der Waals surface area contributed by atoms with Gasteiger partial charge in [-0.3, -0.25) is 14.4 Å². The number of nitrogens with zero attached hydrogens (tertiary/aromatic N) is 1. The molecule has 3 amide bonds. The SMILES string of the molecule is CCCNC(=O)[C@@H]1[C@@H]2CCC3(S2)C(C(=O)Nc2ccc4ccccc4c2)N([C@@H](CC)CO)C(=O)[C@H]13. The maximum atomic E-state index is 13.9. The molecule has 1 spiro atoms. The van der Waals surface area contributed by atoms with Crippen molar-refractivity contribution in [3.8, 4) is 0 Å². The van der Waals surface area contributed by atoms with Gasteiger partial charge in [-0.2, -0.15) is 0 Å². The molecule has 2 bridgehead atoms. The Morgan fingerprint density at radius 1 is 1.17 bits per heavy atom. The van der Waals surface area contributed by atoms with Crippen LogP contribution in [0.3, 0.4) is 0 Å². The highest BCUT2D eigenvalue weighted by atomic mass is 32.2. The third kappa shape index (κ3) is 3.82. The Bertz CT molecular complexity index is 1150. The van der Waals surface area contributed by atoms with Gasteiger partial charge in [-0.25, -0.2) is 0 Å². The monoisotopic (exact) mass is 495 g/mol. The van der Waals surface area contributed by atoms with Crippen LogP contribution in [0, 0.1) is 11.8 Å². The quantitative estimate of drug-likeness (QED) is 0.523. The van der Waals surface area contributed by atoms with Crippen molar-refractivity contribution < 1.29 is 19.5 Å². The fraction of sp³-hybridized carbons (Fsp3) is 0.519. The zero-order valence-corrected chi connectivity index (χ0v) is 21.0. The fourth-order valence-electron chi connectivity index (χ4n) is 6.34. The van der Waals surface area contributed by atoms with Gasteiger partial charge in [0.1, 0.15) is 6.04 Å². The van der Waals surface area contributed by atoms with Gasteiger partial charge in [0.25, 0.3) is 0 Å². The Kier molecular flexibility index (Phi) is 6.53. The summed E-state index contributed by atoms with van der Waals surface area (Å²) in [5.74, 6) is -1.49. The summed E-state index contributed by atoms with van der Waals surface area (Å²) in [5, 5.41) is 18.3. The molecule has 3 heterocycles. The lowest BCUT2D eigenvalue weighted by Gasteiger charge is -2.36. The molecular weight excluding hydrogens is 462 g/mol. The van der Waals surface area contributed by atoms with Gasteiger partial charge in [0, 0.05) is 17.5 Å². The van der Waals surface area contributed by atoms with Crippen LogP contribution in [-0.4, -0.2) is 63.0 Å². The van der Waals surface area contributed by atoms with Crippen LogP contribution in [0.2, 0.25) is 0 Å². The second-order valence-corrected chi connectivity index (χ2v) is 11.5. The molecule has 0 radical (unpaired) electrons. The van der Waals surface area contributed by atoms with Gasteiger partial charge >= 0.3 is 0 Å². The predicted octanol–water partition coefficient (Wildman–Crippen LogP) is 3.17. The van der Waals surface area contributed by atoms with Gasteiger partial charge < -0.3 is 20.6 Å². The van der Waals surface area contributed by atoms with E-state index < -0.39 is 28.7 Å². The number of hydrogen-bond donors (Lipinski definition) is 3. The van der Waals surface area contributed by atoms with Crippen molar-refractivity contribution in [2.24, 2.45) is 11.8 Å². The Morgan fingerprint density at radius 3 is 2.66 bits per heavy atom. The van der Waals surface area contributed by atoms with E-state index in [1.165, 1.54) is 0 Å². The highest BCUT2D eigenvalue weighted by Crippen LogP contribution is 2.66. The summed E-state index contributed by atoms with van der Waals surface area (Å²) < 4.78 is -0.653. The molecule has 6 atom stereocenters. The number of benzene rings is 2. The number of aliphatic hydroxyl groups excluding tert-OH is 1. The first kappa shape index (κ1) is 24.1. The van der Waals surface area contributed by atoms with Crippen LogP contribution in [0.4, 0.5) is 5.69 Å². The number of rotatable bonds is 8. The smallest absolute Gasteiger partial charge is 0.248 e. The third-order valence-electron chi connectivity index (χ3n) is 7.93. The third-order valence-corrected chi connectivity index (χ3v) is 9.88. The van der Waals surface area contributed by atoms with Gasteiger partial charge in [-0.15, -0.1) is 11.8 Å². The molecule has 2 aromatic carbocycles. The molecule has 8 heteroatoms. The topological polar surface area (TPSA) is 98.7 Å². The molecule has 186 valence electrons. The van der Waals surface area contributed by atoms with Crippen LogP contribution in [0.25, 0.3) is 10.8 Å². The van der Waals surface area contributed by atoms with Crippen LogP contribution < -0.4 is 10.6 Å². The van der Waals surface area contributed by atoms with Crippen molar-refractivity contribution in [1.29, 1.82) is 0 Å². The van der Waals surface area contributed by atoms with E-state index in [1.54, 1.807) is 16.7 Å². The maximum Gasteiger partial charge on any atom is 0.248 e. The van der Waals surface area contributed by atoms with Crippen LogP contribution in [0.15, 0.2) is 42.5 Å². The predicted molar refractivity (Wildman–Crippen MR) is 138 cm³/mol. The zero-order chi connectivity index (χ0) is 24.7. The first-order valence-corrected chi connectivity index (χ1v) is 13.5. The lowest BCUT2D eigenvalue weighted by Crippen LogP contribution is -2.54. The van der Waals surface area contributed by atoms with E-state index in [-0.39, 0.29) is 29.6 Å². The largest absolute Gasteiger partial charge is 0.394 e. The summed E-state index contributed by atoms with van der Waals surface area (Å²) in [6, 6.07) is 12.5. The standard InChI is InChI=1S/C27H33N3O4S/c1-3-13-28-24(32)21-20-11-12-27(35-20)22(21)26(34)30(19(4-2)15-31)23(27)25(33)29-18-10-9-16-7-5-6-8-17(16)14-18/h5-10,14,19-23,31H,3-4,11-13,15H2,1-2H3,(H,28,32)(H,29,33)/t19-,20-,21+,22-,23?,27?/m0/s1. The molecular formula is C27H33N3O4S. The minimum absolute atomic E-state index is 0.0353. The van der Waals surface area contributed by atoms with Crippen LogP contribution in [0.5, 0.6) is 0 Å². The average molecular weight is 496 g/mol. The Balaban J connectivity index is 1.50. The first-order valence-electron chi connectivity index (χ1n) is 12.6. The van der Waals surface area contributed by atoms with Gasteiger partial charge in [0.05, 0.1) is 29.2 Å². The molecule has 0 saturated carbocycles. The summed E-state index contributed by atoms with van der Waals surface area (Å²) in [7, 11) is 0. The molecule has 3 aliphatic rings. The number of anilines is 1. The number of hydrogen-bond acceptors (Lipinski definition) is 5. The highest BCUT2D eigenvalue weighted by Gasteiger charge is 2.74. The minimum Gasteiger partial charge on any atom is -0.394 e. The normalized spacial score (nSPS) is 29.9. The van der Waals surface area contributed by atoms with Crippen LogP contribution >= 0.6 is 11.8 Å². The van der Waals surface area contributed by atoms with Crippen molar-refractivity contribution in [3.05, 3.63) is 42.5 Å². The number of carbonyl (C=O) groups excluding carboxylic acids is 3. The fourth-order valence-corrected chi connectivity index (χ4v) is 8.55. The van der Waals surface area contributed by atoms with E-state index in [9.17, 15) is 19.5 Å². The van der Waals surface area contributed by atoms with Crippen molar-refractivity contribution in [3.63, 3.8) is 0 Å². The van der Waals surface area contributed by atoms with E-state index in [4.69, 9.17) is 0 Å². The van der Waals surface area contributed by atoms with Crippen LogP contribution in [-0.2, 0) is 14.4 Å². The van der Waals surface area contributed by atoms with E-state index in [0.717, 1.165) is 23.6 Å². The van der Waals surface area contributed by atoms with Crippen molar-refractivity contribution in [2.75, 3.05) is 18.5 Å². The summed E-state index contributed by atoms with van der Waals surface area (Å²) >= 11 is 1.65. The highest BCUT2D eigenvalue weighted by molar-refractivity contribution is 8.02. The molecule has 3 aliphatic heterocycles. The Morgan fingerprint density at radius 2 is 1.94 bits per heavy atom. The van der Waals surface area contributed by atoms with Crippen molar-refractivity contribution in [1.82, 2.24) is 10.2 Å². The molecule has 3 N–H and O–H groups in total. The lowest BCUT2D eigenvalue weighted by molar-refractivity contribution is -0.142. The Hall–Kier alpha value is -2.58. The summed E-state index contributed by atoms with van der Waals surface area (Å²) in [4.78, 5) is 42.6. The number of thioether (sulfide) groups is 1. The second kappa shape index (κ2) is 9.47. The van der Waals surface area contributed by atoms with Crippen LogP contribution in [0.1, 0.15) is 39.5 Å². The minimum atomic E-state index is -0.734. The van der Waals surface area contributed by atoms with E-state index in [1.807, 2.05) is 56.3 Å². The number of carbonyl (C=O) groups is 3. The molecule has 0 aromatic heterocycles. The molecule has 2 aromatic rings. The molecule has 35 heavy (non-hydrogen) atoms. The molecule has 7 nitrogen and oxygen atoms in total. The molecule has 3 fully saturated rings. The van der Waals surface area contributed by atoms with E-state index >= 15 is 0 Å². The summed E-state index contributed by atoms with van der Waals surface area (Å²) in [6.07, 6.45) is 2.88. The number of aliphatic hydroxyl groups is 1. The van der Waals surface area contributed by atoms with Gasteiger partial charge in [0.2, 0.25) is 17.7 Å². The molecule has 2 unspecified atom stereocenters. The molecule has 3 saturated heterocycles. The lowest BCUT2D eigenvalue weighted by atomic mass is 9.70. The van der Waals surface area contributed by atoms with Crippen molar-refractivity contribution in [2.45, 2.75) is 61.6 Å². The molecule has 0 aliphatic carbocycles. The maximum absolute atomic E-state index is 13.9. The summed E-state index contributed by atoms with van der Waals surface area (Å²) in [5.41, 5.74) is 0.674. The number of fused-ring (bicyclic) bond motifs is 2. The first-order chi connectivity index (χ1) is 16.9. The number of likely N-dealkylation sites (tertiary alicyclic amines) is 1. The average Bonchev–Trinajstić information content (AvgIpc) is 3.51. The number of nitrogens with one attached hydrogen (secondary N) is 2. The Labute approximate surface area is 210 Å². The summed E-state index contributed by atoms with van der Waals surface area (Å²) in [6.45, 7) is 4.27. The van der Waals surface area contributed by atoms with Gasteiger partial charge in [-0.1, -0.05) is 44.2 Å². The zero-order valence-electron chi connectivity index (χ0n) is 20.2. The van der Waals surface area contributed by atoms with Crippen molar-refractivity contribution >= 4 is 45.9 Å². The number of amides is 3. The van der Waals surface area contributed by atoms with E-state index in [2.05, 4.69) is 10.6 Å². The van der Waals surface area contributed by atoms with Gasteiger partial charge in [-0.05, 0) is 48.6 Å². The second-order valence-electron chi connectivity index (χ2n) is 9.89. The van der Waals surface area contributed by atoms with Gasteiger partial charge in [0.15, 0.2) is 0 Å². The van der Waals surface area contributed by atoms with E-state index in [0.29, 0.717) is 25.1 Å². The molecule has 5 rings (SSSR count).